The Bertz CT molecular complexity index is 369. The fourth-order valence-electron chi connectivity index (χ4n) is 2.00. The van der Waals surface area contributed by atoms with Crippen LogP contribution in [0, 0.1) is 0 Å². The van der Waals surface area contributed by atoms with Crippen LogP contribution in [0.15, 0.2) is 24.3 Å². The lowest BCUT2D eigenvalue weighted by Crippen LogP contribution is -2.26. The lowest BCUT2D eigenvalue weighted by molar-refractivity contribution is -0.225. The van der Waals surface area contributed by atoms with Crippen molar-refractivity contribution >= 4 is 7.94 Å². The first kappa shape index (κ1) is 11.0. The smallest absolute Gasteiger partial charge is 0.245 e. The lowest BCUT2D eigenvalue weighted by Gasteiger charge is -2.38. The molecule has 1 aliphatic heterocycles. The summed E-state index contributed by atoms with van der Waals surface area (Å²) in [4.78, 5) is 12.3. The molecule has 0 fully saturated rings. The van der Waals surface area contributed by atoms with Crippen molar-refractivity contribution in [3.8, 4) is 0 Å². The summed E-state index contributed by atoms with van der Waals surface area (Å²) >= 11 is 0. The van der Waals surface area contributed by atoms with E-state index in [1.54, 1.807) is 0 Å². The van der Waals surface area contributed by atoms with Gasteiger partial charge in [-0.2, -0.15) is 0 Å². The molecule has 0 amide bonds. The second-order valence-corrected chi connectivity index (χ2v) is 6.21. The number of hydrogen-bond donors (Lipinski definition) is 0. The molecule has 0 saturated carbocycles. The van der Waals surface area contributed by atoms with Crippen LogP contribution in [0.1, 0.15) is 36.7 Å². The Hall–Kier alpha value is -0.470. The van der Waals surface area contributed by atoms with Crippen molar-refractivity contribution in [1.82, 2.24) is 0 Å². The van der Waals surface area contributed by atoms with Crippen molar-refractivity contribution in [2.24, 2.45) is 0 Å². The first-order valence-electron chi connectivity index (χ1n) is 5.01. The molecule has 15 heavy (non-hydrogen) atoms. The topological polar surface area (TPSA) is 41.5 Å². The summed E-state index contributed by atoms with van der Waals surface area (Å²) in [5, 5.41) is 0. The minimum absolute atomic E-state index is 0.164. The van der Waals surface area contributed by atoms with Crippen LogP contribution in [0.4, 0.5) is 0 Å². The molecule has 0 N–H and O–H groups in total. The molecule has 1 aromatic carbocycles. The molecule has 3 atom stereocenters. The highest BCUT2D eigenvalue weighted by Gasteiger charge is 2.45. The number of hydrogen-bond acceptors (Lipinski definition) is 3. The Morgan fingerprint density at radius 1 is 1.27 bits per heavy atom. The standard InChI is InChI=1S/C11H15O3P/c1-8-10-6-4-5-7-11(10)9(2)15(12,13-3)14-8/h4-9H,1-3H3/t8-,9+,15?/m0/s1. The van der Waals surface area contributed by atoms with E-state index in [1.165, 1.54) is 7.11 Å². The van der Waals surface area contributed by atoms with Gasteiger partial charge in [0.2, 0.25) is 7.94 Å². The number of rotatable bonds is 1. The van der Waals surface area contributed by atoms with Gasteiger partial charge in [-0.3, -0.25) is 0 Å². The zero-order valence-electron chi connectivity index (χ0n) is 9.14. The van der Waals surface area contributed by atoms with Crippen molar-refractivity contribution in [1.29, 1.82) is 0 Å². The van der Waals surface area contributed by atoms with Gasteiger partial charge >= 0.3 is 0 Å². The van der Waals surface area contributed by atoms with Crippen LogP contribution in [0.2, 0.25) is 0 Å². The first-order valence-corrected chi connectivity index (χ1v) is 6.62. The van der Waals surface area contributed by atoms with Gasteiger partial charge in [0.1, 0.15) is 11.8 Å². The quantitative estimate of drug-likeness (QED) is 0.691. The highest BCUT2D eigenvalue weighted by Crippen LogP contribution is 2.69. The summed E-state index contributed by atoms with van der Waals surface area (Å²) in [5.41, 5.74) is 1.99. The molecule has 1 heterocycles. The van der Waals surface area contributed by atoms with E-state index in [-0.39, 0.29) is 11.8 Å². The molecule has 0 aromatic heterocycles. The lowest BCUT2D eigenvalue weighted by atomic mass is 10.0. The molecular weight excluding hydrogens is 211 g/mol. The molecule has 1 aromatic rings. The summed E-state index contributed by atoms with van der Waals surface area (Å²) < 4.78 is 10.5. The molecule has 0 bridgehead atoms. The molecule has 1 aliphatic rings. The molecule has 2 rings (SSSR count). The van der Waals surface area contributed by atoms with Crippen molar-refractivity contribution in [3.63, 3.8) is 0 Å². The monoisotopic (exact) mass is 226 g/mol. The highest BCUT2D eigenvalue weighted by molar-refractivity contribution is 7.59. The van der Waals surface area contributed by atoms with Gasteiger partial charge in [0, 0.05) is 5.56 Å². The SMILES string of the molecule is CO[P+]1([O-])O[C@@H](C)c2ccccc2[C@H]1C. The molecule has 1 unspecified atom stereocenters. The van der Waals surface area contributed by atoms with Crippen LogP contribution in [0.25, 0.3) is 0 Å². The van der Waals surface area contributed by atoms with Crippen molar-refractivity contribution in [2.75, 3.05) is 7.11 Å². The van der Waals surface area contributed by atoms with E-state index in [9.17, 15) is 4.89 Å². The van der Waals surface area contributed by atoms with Gasteiger partial charge in [0.25, 0.3) is 0 Å². The predicted octanol–water partition coefficient (Wildman–Crippen LogP) is 2.61. The molecular formula is C11H15O3P. The maximum absolute atomic E-state index is 12.3. The van der Waals surface area contributed by atoms with Crippen molar-refractivity contribution in [3.05, 3.63) is 35.4 Å². The van der Waals surface area contributed by atoms with E-state index < -0.39 is 7.94 Å². The van der Waals surface area contributed by atoms with Gasteiger partial charge in [0.05, 0.1) is 7.11 Å². The Labute approximate surface area is 90.6 Å². The Morgan fingerprint density at radius 3 is 2.47 bits per heavy atom. The number of benzene rings is 1. The minimum atomic E-state index is -2.97. The van der Waals surface area contributed by atoms with Crippen LogP contribution in [-0.4, -0.2) is 7.11 Å². The average molecular weight is 226 g/mol. The summed E-state index contributed by atoms with van der Waals surface area (Å²) in [6, 6.07) is 7.92. The van der Waals surface area contributed by atoms with Gasteiger partial charge in [-0.05, 0) is 19.4 Å². The molecule has 4 heteroatoms. The van der Waals surface area contributed by atoms with E-state index in [0.29, 0.717) is 0 Å². The van der Waals surface area contributed by atoms with E-state index in [2.05, 4.69) is 0 Å². The zero-order chi connectivity index (χ0) is 11.1. The van der Waals surface area contributed by atoms with Gasteiger partial charge in [-0.15, -0.1) is 0 Å². The third-order valence-electron chi connectivity index (χ3n) is 2.92. The van der Waals surface area contributed by atoms with Crippen LogP contribution in [0.5, 0.6) is 0 Å². The van der Waals surface area contributed by atoms with E-state index >= 15 is 0 Å². The Balaban J connectivity index is 2.48. The maximum Gasteiger partial charge on any atom is 0.245 e. The molecule has 0 saturated heterocycles. The van der Waals surface area contributed by atoms with Crippen LogP contribution < -0.4 is 4.89 Å². The normalized spacial score (nSPS) is 34.9. The number of fused-ring (bicyclic) bond motifs is 1. The Kier molecular flexibility index (Phi) is 2.82. The summed E-state index contributed by atoms with van der Waals surface area (Å²) in [7, 11) is -1.53. The van der Waals surface area contributed by atoms with Crippen LogP contribution in [-0.2, 0) is 9.05 Å². The van der Waals surface area contributed by atoms with Gasteiger partial charge in [0.15, 0.2) is 0 Å². The van der Waals surface area contributed by atoms with Crippen LogP contribution in [0.3, 0.4) is 0 Å². The first-order chi connectivity index (χ1) is 7.08. The highest BCUT2D eigenvalue weighted by atomic mass is 31.2. The third-order valence-corrected chi connectivity index (χ3v) is 5.26. The van der Waals surface area contributed by atoms with Gasteiger partial charge < -0.3 is 4.89 Å². The zero-order valence-corrected chi connectivity index (χ0v) is 10.0. The summed E-state index contributed by atoms with van der Waals surface area (Å²) in [6.45, 7) is 3.78. The van der Waals surface area contributed by atoms with E-state index in [0.717, 1.165) is 11.1 Å². The van der Waals surface area contributed by atoms with E-state index in [1.807, 2.05) is 38.1 Å². The molecule has 82 valence electrons. The molecule has 3 nitrogen and oxygen atoms in total. The molecule has 0 aliphatic carbocycles. The largest absolute Gasteiger partial charge is 0.631 e. The fraction of sp³-hybridized carbons (Fsp3) is 0.455. The predicted molar refractivity (Wildman–Crippen MR) is 58.3 cm³/mol. The van der Waals surface area contributed by atoms with Gasteiger partial charge in [-0.1, -0.05) is 24.3 Å². The maximum atomic E-state index is 12.3. The minimum Gasteiger partial charge on any atom is -0.631 e. The molecule has 0 spiro atoms. The second-order valence-electron chi connectivity index (χ2n) is 3.77. The average Bonchev–Trinajstić information content (AvgIpc) is 2.26. The van der Waals surface area contributed by atoms with Gasteiger partial charge in [-0.25, -0.2) is 9.05 Å². The second kappa shape index (κ2) is 3.84. The third kappa shape index (κ3) is 1.70. The molecule has 0 radical (unpaired) electrons. The summed E-state index contributed by atoms with van der Waals surface area (Å²) in [5.74, 6) is 0. The van der Waals surface area contributed by atoms with E-state index in [4.69, 9.17) is 9.05 Å². The van der Waals surface area contributed by atoms with Crippen LogP contribution >= 0.6 is 7.94 Å². The Morgan fingerprint density at radius 2 is 1.87 bits per heavy atom. The van der Waals surface area contributed by atoms with Crippen molar-refractivity contribution < 1.29 is 13.9 Å². The summed E-state index contributed by atoms with van der Waals surface area (Å²) in [6.07, 6.45) is -0.164. The van der Waals surface area contributed by atoms with Crippen molar-refractivity contribution in [2.45, 2.75) is 25.6 Å². The fourth-order valence-corrected chi connectivity index (χ4v) is 3.72.